The maximum absolute atomic E-state index is 9.65. The maximum Gasteiger partial charge on any atom is 0.239 e. The predicted molar refractivity (Wildman–Crippen MR) is 31.7 cm³/mol. The van der Waals surface area contributed by atoms with Gasteiger partial charge in [0.1, 0.15) is 0 Å². The number of halogens is 1. The molecule has 1 aromatic heterocycles. The lowest BCUT2D eigenvalue weighted by atomic mass is 11.4. The third kappa shape index (κ3) is 0.804. The van der Waals surface area contributed by atoms with E-state index in [-0.39, 0.29) is 0 Å². The maximum atomic E-state index is 9.65. The molecule has 0 radical (unpaired) electrons. The summed E-state index contributed by atoms with van der Waals surface area (Å²) in [6.07, 6.45) is 0. The van der Waals surface area contributed by atoms with Crippen molar-refractivity contribution in [3.8, 4) is 0 Å². The van der Waals surface area contributed by atoms with E-state index in [4.69, 9.17) is 0 Å². The molecule has 0 saturated carbocycles. The van der Waals surface area contributed by atoms with Crippen molar-refractivity contribution in [2.24, 2.45) is 5.29 Å². The van der Waals surface area contributed by atoms with E-state index in [1.54, 1.807) is 22.6 Å². The zero-order chi connectivity index (χ0) is 5.98. The van der Waals surface area contributed by atoms with E-state index < -0.39 is 0 Å². The Labute approximate surface area is 57.3 Å². The molecule has 0 saturated heterocycles. The van der Waals surface area contributed by atoms with Crippen LogP contribution in [-0.2, 0) is 0 Å². The minimum absolute atomic E-state index is 0.359. The Morgan fingerprint density at radius 1 is 1.75 bits per heavy atom. The van der Waals surface area contributed by atoms with Crippen LogP contribution in [0.15, 0.2) is 5.29 Å². The standard InChI is InChI=1S/CIN5O/c2-1-3-4-5-7(1)6-8. The second-order valence-corrected chi connectivity index (χ2v) is 1.88. The summed E-state index contributed by atoms with van der Waals surface area (Å²) >= 11 is 1.79. The van der Waals surface area contributed by atoms with Gasteiger partial charge in [0.15, 0.2) is 0 Å². The first-order chi connectivity index (χ1) is 3.84. The number of rotatable bonds is 1. The molecule has 1 aromatic rings. The Morgan fingerprint density at radius 2 is 2.50 bits per heavy atom. The molecule has 0 fully saturated rings. The van der Waals surface area contributed by atoms with Crippen LogP contribution in [0.2, 0.25) is 0 Å². The Kier molecular flexibility index (Phi) is 1.46. The molecule has 0 spiro atoms. The smallest absolute Gasteiger partial charge is 0.123 e. The van der Waals surface area contributed by atoms with Crippen LogP contribution < -0.4 is 0 Å². The fourth-order valence-electron chi connectivity index (χ4n) is 0.222. The molecular formula is CIN5O. The Bertz CT molecular complexity index is 194. The summed E-state index contributed by atoms with van der Waals surface area (Å²) in [7, 11) is 0. The van der Waals surface area contributed by atoms with Gasteiger partial charge in [-0.3, -0.25) is 0 Å². The summed E-state index contributed by atoms with van der Waals surface area (Å²) < 4.78 is 0.359. The van der Waals surface area contributed by atoms with Gasteiger partial charge in [-0.05, 0) is 10.4 Å². The Morgan fingerprint density at radius 3 is 2.75 bits per heavy atom. The second kappa shape index (κ2) is 2.11. The van der Waals surface area contributed by atoms with Crippen molar-refractivity contribution in [2.45, 2.75) is 0 Å². The average Bonchev–Trinajstić information content (AvgIpc) is 2.14. The molecule has 0 unspecified atom stereocenters. The number of nitroso groups, excluding NO2 is 1. The average molecular weight is 225 g/mol. The summed E-state index contributed by atoms with van der Waals surface area (Å²) in [5.41, 5.74) is 0. The molecule has 0 amide bonds. The predicted octanol–water partition coefficient (Wildman–Crippen LogP) is -0.193. The number of nitrogens with zero attached hydrogens (tertiary/aromatic N) is 5. The van der Waals surface area contributed by atoms with E-state index in [2.05, 4.69) is 20.8 Å². The molecular weight excluding hydrogens is 225 g/mol. The van der Waals surface area contributed by atoms with E-state index >= 15 is 0 Å². The van der Waals surface area contributed by atoms with Crippen molar-refractivity contribution >= 4 is 22.6 Å². The molecule has 0 atom stereocenters. The molecule has 0 aliphatic carbocycles. The number of hydrogen-bond donors (Lipinski definition) is 0. The van der Waals surface area contributed by atoms with Gasteiger partial charge in [0.2, 0.25) is 3.83 Å². The van der Waals surface area contributed by atoms with Crippen molar-refractivity contribution in [2.75, 3.05) is 0 Å². The highest BCUT2D eigenvalue weighted by Gasteiger charge is 1.97. The minimum atomic E-state index is 0.359. The van der Waals surface area contributed by atoms with Crippen LogP contribution in [0.25, 0.3) is 0 Å². The first-order valence-corrected chi connectivity index (χ1v) is 2.70. The molecule has 1 rings (SSSR count). The van der Waals surface area contributed by atoms with Crippen LogP contribution in [0, 0.1) is 8.74 Å². The van der Waals surface area contributed by atoms with Crippen LogP contribution in [0.4, 0.5) is 0 Å². The van der Waals surface area contributed by atoms with Crippen LogP contribution in [-0.4, -0.2) is 20.3 Å². The SMILES string of the molecule is O=Nn1nnnc1I. The topological polar surface area (TPSA) is 73.0 Å². The normalized spacial score (nSPS) is 9.12. The minimum Gasteiger partial charge on any atom is -0.123 e. The Hall–Kier alpha value is -0.600. The lowest BCUT2D eigenvalue weighted by molar-refractivity contribution is 0.672. The van der Waals surface area contributed by atoms with Crippen molar-refractivity contribution < 1.29 is 0 Å². The summed E-state index contributed by atoms with van der Waals surface area (Å²) in [6.45, 7) is 0. The molecule has 8 heavy (non-hydrogen) atoms. The number of tetrazole rings is 1. The molecule has 0 aliphatic heterocycles. The molecule has 6 nitrogen and oxygen atoms in total. The summed E-state index contributed by atoms with van der Waals surface area (Å²) in [4.78, 5) is 10.4. The summed E-state index contributed by atoms with van der Waals surface area (Å²) in [6, 6.07) is 0. The van der Waals surface area contributed by atoms with E-state index in [1.165, 1.54) is 0 Å². The zero-order valence-corrected chi connectivity index (χ0v) is 5.68. The molecule has 0 bridgehead atoms. The van der Waals surface area contributed by atoms with Gasteiger partial charge in [0.25, 0.3) is 0 Å². The molecule has 1 heterocycles. The van der Waals surface area contributed by atoms with Gasteiger partial charge in [-0.15, -0.1) is 4.91 Å². The largest absolute Gasteiger partial charge is 0.239 e. The van der Waals surface area contributed by atoms with Crippen LogP contribution in [0.3, 0.4) is 0 Å². The lowest BCUT2D eigenvalue weighted by Gasteiger charge is -1.76. The summed E-state index contributed by atoms with van der Waals surface area (Å²) in [5, 5.41) is 12.2. The van der Waals surface area contributed by atoms with Crippen LogP contribution >= 0.6 is 22.6 Å². The summed E-state index contributed by atoms with van der Waals surface area (Å²) in [5.74, 6) is 0. The van der Waals surface area contributed by atoms with Crippen LogP contribution in [0.1, 0.15) is 0 Å². The molecule has 0 N–H and O–H groups in total. The first-order valence-electron chi connectivity index (χ1n) is 1.62. The lowest BCUT2D eigenvalue weighted by Crippen LogP contribution is -1.91. The Balaban J connectivity index is 3.09. The molecule has 42 valence electrons. The van der Waals surface area contributed by atoms with E-state index in [0.717, 1.165) is 4.79 Å². The second-order valence-electron chi connectivity index (χ2n) is 0.919. The fourth-order valence-corrected chi connectivity index (χ4v) is 0.503. The van der Waals surface area contributed by atoms with Gasteiger partial charge in [-0.25, -0.2) is 0 Å². The molecule has 0 aliphatic rings. The van der Waals surface area contributed by atoms with Crippen molar-refractivity contribution in [3.63, 3.8) is 0 Å². The third-order valence-corrected chi connectivity index (χ3v) is 1.14. The highest BCUT2D eigenvalue weighted by atomic mass is 127. The van der Waals surface area contributed by atoms with Crippen molar-refractivity contribution in [3.05, 3.63) is 8.74 Å². The van der Waals surface area contributed by atoms with E-state index in [1.807, 2.05) is 0 Å². The van der Waals surface area contributed by atoms with Gasteiger partial charge in [-0.2, -0.15) is 0 Å². The van der Waals surface area contributed by atoms with Gasteiger partial charge in [-0.1, -0.05) is 9.89 Å². The zero-order valence-electron chi connectivity index (χ0n) is 3.52. The number of aromatic nitrogens is 4. The van der Waals surface area contributed by atoms with Gasteiger partial charge in [0.05, 0.1) is 5.29 Å². The number of hydrogen-bond acceptors (Lipinski definition) is 5. The van der Waals surface area contributed by atoms with Gasteiger partial charge >= 0.3 is 0 Å². The molecule has 0 aromatic carbocycles. The molecule has 7 heteroatoms. The van der Waals surface area contributed by atoms with Crippen molar-refractivity contribution in [1.29, 1.82) is 0 Å². The third-order valence-electron chi connectivity index (χ3n) is 0.494. The highest BCUT2D eigenvalue weighted by Crippen LogP contribution is 1.93. The van der Waals surface area contributed by atoms with Crippen LogP contribution in [0.5, 0.6) is 0 Å². The highest BCUT2D eigenvalue weighted by molar-refractivity contribution is 14.1. The van der Waals surface area contributed by atoms with Crippen molar-refractivity contribution in [1.82, 2.24) is 20.3 Å². The first kappa shape index (κ1) is 5.54. The fraction of sp³-hybridized carbons (Fsp3) is 0. The van der Waals surface area contributed by atoms with E-state index in [0.29, 0.717) is 3.83 Å². The van der Waals surface area contributed by atoms with Gasteiger partial charge < -0.3 is 0 Å². The van der Waals surface area contributed by atoms with Gasteiger partial charge in [0, 0.05) is 22.6 Å². The quantitative estimate of drug-likeness (QED) is 0.490. The monoisotopic (exact) mass is 225 g/mol. The van der Waals surface area contributed by atoms with E-state index in [9.17, 15) is 4.91 Å².